The van der Waals surface area contributed by atoms with Gasteiger partial charge in [0.05, 0.1) is 4.90 Å². The van der Waals surface area contributed by atoms with Crippen LogP contribution in [0.25, 0.3) is 0 Å². The molecule has 0 unspecified atom stereocenters. The highest BCUT2D eigenvalue weighted by atomic mass is 35.5. The molecule has 1 heterocycles. The van der Waals surface area contributed by atoms with Crippen molar-refractivity contribution in [1.82, 2.24) is 10.0 Å². The molecule has 1 aliphatic heterocycles. The molecule has 0 saturated heterocycles. The molecule has 0 atom stereocenters. The summed E-state index contributed by atoms with van der Waals surface area (Å²) in [5.41, 5.74) is 2.29. The fourth-order valence-corrected chi connectivity index (χ4v) is 4.05. The van der Waals surface area contributed by atoms with Crippen molar-refractivity contribution >= 4 is 33.3 Å². The molecule has 0 saturated carbocycles. The van der Waals surface area contributed by atoms with E-state index in [1.165, 1.54) is 6.07 Å². The van der Waals surface area contributed by atoms with Crippen molar-refractivity contribution in [3.63, 3.8) is 0 Å². The molecule has 0 radical (unpaired) electrons. The van der Waals surface area contributed by atoms with E-state index in [0.29, 0.717) is 23.6 Å². The molecule has 25 heavy (non-hydrogen) atoms. The Morgan fingerprint density at radius 1 is 1.24 bits per heavy atom. The molecule has 2 amide bonds. The van der Waals surface area contributed by atoms with Gasteiger partial charge in [-0.15, -0.1) is 0 Å². The van der Waals surface area contributed by atoms with Crippen LogP contribution >= 0.6 is 11.6 Å². The highest BCUT2D eigenvalue weighted by Gasteiger charge is 2.26. The van der Waals surface area contributed by atoms with Crippen molar-refractivity contribution in [2.24, 2.45) is 0 Å². The first kappa shape index (κ1) is 17.7. The maximum atomic E-state index is 12.5. The molecule has 0 aliphatic carbocycles. The molecule has 2 N–H and O–H groups in total. The van der Waals surface area contributed by atoms with Gasteiger partial charge in [-0.2, -0.15) is 0 Å². The summed E-state index contributed by atoms with van der Waals surface area (Å²) < 4.78 is 27.6. The van der Waals surface area contributed by atoms with Crippen LogP contribution in [0.5, 0.6) is 0 Å². The van der Waals surface area contributed by atoms with Crippen molar-refractivity contribution in [3.05, 3.63) is 58.6 Å². The number of sulfonamides is 1. The Morgan fingerprint density at radius 3 is 2.72 bits per heavy atom. The second-order valence-corrected chi connectivity index (χ2v) is 7.84. The molecule has 0 bridgehead atoms. The molecule has 132 valence electrons. The van der Waals surface area contributed by atoms with Crippen LogP contribution in [0.15, 0.2) is 47.4 Å². The van der Waals surface area contributed by atoms with Gasteiger partial charge in [-0.3, -0.25) is 4.90 Å². The summed E-state index contributed by atoms with van der Waals surface area (Å²) in [6.07, 6.45) is 0.622. The summed E-state index contributed by atoms with van der Waals surface area (Å²) in [6, 6.07) is 11.7. The predicted octanol–water partition coefficient (Wildman–Crippen LogP) is 2.52. The van der Waals surface area contributed by atoms with E-state index in [1.807, 2.05) is 0 Å². The lowest BCUT2D eigenvalue weighted by atomic mass is 10.2. The number of anilines is 1. The number of carbonyl (C=O) groups excluding carboxylic acids is 1. The summed E-state index contributed by atoms with van der Waals surface area (Å²) in [6.45, 7) is 0.648. The van der Waals surface area contributed by atoms with Gasteiger partial charge in [-0.1, -0.05) is 29.8 Å². The second kappa shape index (κ2) is 7.03. The van der Waals surface area contributed by atoms with E-state index < -0.39 is 10.0 Å². The lowest BCUT2D eigenvalue weighted by molar-refractivity contribution is 0.248. The maximum absolute atomic E-state index is 12.5. The number of carbonyl (C=O) groups is 1. The van der Waals surface area contributed by atoms with Crippen molar-refractivity contribution in [3.8, 4) is 0 Å². The lowest BCUT2D eigenvalue weighted by Gasteiger charge is -2.16. The van der Waals surface area contributed by atoms with Gasteiger partial charge in [-0.25, -0.2) is 17.9 Å². The van der Waals surface area contributed by atoms with Crippen molar-refractivity contribution in [2.45, 2.75) is 17.9 Å². The number of fused-ring (bicyclic) bond motifs is 1. The Balaban J connectivity index is 1.80. The molecule has 1 aliphatic rings. The number of benzene rings is 2. The Morgan fingerprint density at radius 2 is 2.00 bits per heavy atom. The van der Waals surface area contributed by atoms with Crippen LogP contribution in [-0.2, 0) is 23.0 Å². The van der Waals surface area contributed by atoms with Crippen LogP contribution in [0.2, 0.25) is 5.02 Å². The van der Waals surface area contributed by atoms with E-state index in [1.54, 1.807) is 48.3 Å². The van der Waals surface area contributed by atoms with Crippen LogP contribution in [-0.4, -0.2) is 28.0 Å². The standard InChI is InChI=1S/C17H18ClN3O3S/c1-19-17(22)21-9-8-12-10-14(6-7-16(12)21)25(23,24)20-11-13-4-2-3-5-15(13)18/h2-7,10,20H,8-9,11H2,1H3,(H,19,22). The van der Waals surface area contributed by atoms with Gasteiger partial charge in [-0.05, 0) is 41.8 Å². The fraction of sp³-hybridized carbons (Fsp3) is 0.235. The topological polar surface area (TPSA) is 78.5 Å². The minimum absolute atomic E-state index is 0.115. The van der Waals surface area contributed by atoms with Gasteiger partial charge in [0.15, 0.2) is 0 Å². The third-order valence-corrected chi connectivity index (χ3v) is 5.89. The highest BCUT2D eigenvalue weighted by Crippen LogP contribution is 2.30. The zero-order valence-electron chi connectivity index (χ0n) is 13.6. The number of halogens is 1. The van der Waals surface area contributed by atoms with Gasteiger partial charge < -0.3 is 5.32 Å². The Kier molecular flexibility index (Phi) is 4.99. The van der Waals surface area contributed by atoms with E-state index in [0.717, 1.165) is 11.3 Å². The smallest absolute Gasteiger partial charge is 0.321 e. The summed E-state index contributed by atoms with van der Waals surface area (Å²) in [7, 11) is -2.10. The Hall–Kier alpha value is -2.09. The first-order chi connectivity index (χ1) is 11.9. The summed E-state index contributed by atoms with van der Waals surface area (Å²) in [5, 5.41) is 3.09. The molecule has 3 rings (SSSR count). The van der Waals surface area contributed by atoms with Gasteiger partial charge in [0.2, 0.25) is 10.0 Å². The Bertz CT molecular complexity index is 915. The number of urea groups is 1. The monoisotopic (exact) mass is 379 g/mol. The number of rotatable bonds is 4. The van der Waals surface area contributed by atoms with Gasteiger partial charge >= 0.3 is 6.03 Å². The largest absolute Gasteiger partial charge is 0.341 e. The van der Waals surface area contributed by atoms with Crippen LogP contribution in [0.4, 0.5) is 10.5 Å². The highest BCUT2D eigenvalue weighted by molar-refractivity contribution is 7.89. The molecule has 6 nitrogen and oxygen atoms in total. The van der Waals surface area contributed by atoms with Crippen LogP contribution in [0, 0.1) is 0 Å². The van der Waals surface area contributed by atoms with E-state index in [-0.39, 0.29) is 17.5 Å². The van der Waals surface area contributed by atoms with Crippen molar-refractivity contribution < 1.29 is 13.2 Å². The normalized spacial score (nSPS) is 13.6. The van der Waals surface area contributed by atoms with Gasteiger partial charge in [0.1, 0.15) is 0 Å². The molecule has 8 heteroatoms. The third-order valence-electron chi connectivity index (χ3n) is 4.13. The molecule has 2 aromatic rings. The number of nitrogens with one attached hydrogen (secondary N) is 2. The molecular formula is C17H18ClN3O3S. The van der Waals surface area contributed by atoms with E-state index >= 15 is 0 Å². The quantitative estimate of drug-likeness (QED) is 0.856. The van der Waals surface area contributed by atoms with Gasteiger partial charge in [0, 0.05) is 30.8 Å². The maximum Gasteiger partial charge on any atom is 0.321 e. The van der Waals surface area contributed by atoms with Crippen molar-refractivity contribution in [1.29, 1.82) is 0 Å². The lowest BCUT2D eigenvalue weighted by Crippen LogP contribution is -2.36. The molecular weight excluding hydrogens is 362 g/mol. The zero-order valence-corrected chi connectivity index (χ0v) is 15.2. The zero-order chi connectivity index (χ0) is 18.0. The number of amides is 2. The molecule has 0 fully saturated rings. The molecule has 0 spiro atoms. The third kappa shape index (κ3) is 3.63. The number of hydrogen-bond donors (Lipinski definition) is 2. The summed E-state index contributed by atoms with van der Waals surface area (Å²) >= 11 is 6.06. The van der Waals surface area contributed by atoms with Crippen LogP contribution in [0.3, 0.4) is 0 Å². The Labute approximate surface area is 151 Å². The first-order valence-electron chi connectivity index (χ1n) is 7.77. The summed E-state index contributed by atoms with van der Waals surface area (Å²) in [5.74, 6) is 0. The average molecular weight is 380 g/mol. The van der Waals surface area contributed by atoms with Crippen molar-refractivity contribution in [2.75, 3.05) is 18.5 Å². The fourth-order valence-electron chi connectivity index (χ4n) is 2.79. The molecule has 2 aromatic carbocycles. The van der Waals surface area contributed by atoms with E-state index in [9.17, 15) is 13.2 Å². The minimum atomic E-state index is -3.67. The van der Waals surface area contributed by atoms with Gasteiger partial charge in [0.25, 0.3) is 0 Å². The average Bonchev–Trinajstić information content (AvgIpc) is 3.03. The second-order valence-electron chi connectivity index (χ2n) is 5.66. The number of hydrogen-bond acceptors (Lipinski definition) is 3. The summed E-state index contributed by atoms with van der Waals surface area (Å²) in [4.78, 5) is 13.6. The van der Waals surface area contributed by atoms with E-state index in [4.69, 9.17) is 11.6 Å². The minimum Gasteiger partial charge on any atom is -0.341 e. The van der Waals surface area contributed by atoms with Crippen LogP contribution in [0.1, 0.15) is 11.1 Å². The first-order valence-corrected chi connectivity index (χ1v) is 9.64. The van der Waals surface area contributed by atoms with Crippen LogP contribution < -0.4 is 14.9 Å². The molecule has 0 aromatic heterocycles. The SMILES string of the molecule is CNC(=O)N1CCc2cc(S(=O)(=O)NCc3ccccc3Cl)ccc21. The van der Waals surface area contributed by atoms with E-state index in [2.05, 4.69) is 10.0 Å². The number of nitrogens with zero attached hydrogens (tertiary/aromatic N) is 1. The predicted molar refractivity (Wildman–Crippen MR) is 97.4 cm³/mol.